The van der Waals surface area contributed by atoms with Crippen LogP contribution in [0.25, 0.3) is 0 Å². The van der Waals surface area contributed by atoms with Gasteiger partial charge in [-0.25, -0.2) is 0 Å². The molecule has 1 aliphatic rings. The van der Waals surface area contributed by atoms with E-state index in [1.807, 2.05) is 13.0 Å². The molecule has 0 unspecified atom stereocenters. The normalized spacial score (nSPS) is 14.7. The van der Waals surface area contributed by atoms with Gasteiger partial charge in [-0.15, -0.1) is 0 Å². The summed E-state index contributed by atoms with van der Waals surface area (Å²) in [6, 6.07) is 5.09. The molecule has 0 amide bonds. The van der Waals surface area contributed by atoms with Gasteiger partial charge in [0.15, 0.2) is 6.61 Å². The average molecular weight is 246 g/mol. The highest BCUT2D eigenvalue weighted by molar-refractivity contribution is 5.36. The topological polar surface area (TPSA) is 68.4 Å². The van der Waals surface area contributed by atoms with E-state index in [1.54, 1.807) is 12.1 Å². The maximum Gasteiger partial charge on any atom is 0.229 e. The second-order valence-electron chi connectivity index (χ2n) is 4.62. The van der Waals surface area contributed by atoms with Gasteiger partial charge in [0.25, 0.3) is 0 Å². The van der Waals surface area contributed by atoms with Crippen molar-refractivity contribution in [2.24, 2.45) is 0 Å². The van der Waals surface area contributed by atoms with Crippen LogP contribution in [-0.4, -0.2) is 15.2 Å². The number of aryl methyl sites for hydroxylation is 1. The minimum absolute atomic E-state index is 0.191. The number of nitrogens with zero attached hydrogens (tertiary/aromatic N) is 2. The van der Waals surface area contributed by atoms with Gasteiger partial charge in [-0.3, -0.25) is 0 Å². The smallest absolute Gasteiger partial charge is 0.229 e. The molecule has 18 heavy (non-hydrogen) atoms. The molecule has 5 nitrogen and oxygen atoms in total. The molecule has 1 aromatic heterocycles. The van der Waals surface area contributed by atoms with Crippen molar-refractivity contribution < 1.29 is 14.4 Å². The number of benzene rings is 1. The van der Waals surface area contributed by atoms with E-state index in [2.05, 4.69) is 10.1 Å². The van der Waals surface area contributed by atoms with Gasteiger partial charge in [0, 0.05) is 12.0 Å². The molecule has 2 aromatic rings. The van der Waals surface area contributed by atoms with Gasteiger partial charge < -0.3 is 14.4 Å². The van der Waals surface area contributed by atoms with E-state index >= 15 is 0 Å². The summed E-state index contributed by atoms with van der Waals surface area (Å²) in [6.45, 7) is 2.14. The third kappa shape index (κ3) is 2.45. The molecule has 94 valence electrons. The molecule has 0 saturated heterocycles. The highest BCUT2D eigenvalue weighted by atomic mass is 16.5. The number of aromatic hydroxyl groups is 1. The Morgan fingerprint density at radius 1 is 1.39 bits per heavy atom. The lowest BCUT2D eigenvalue weighted by Gasteiger charge is -2.04. The Morgan fingerprint density at radius 2 is 2.22 bits per heavy atom. The molecule has 0 aliphatic heterocycles. The summed E-state index contributed by atoms with van der Waals surface area (Å²) in [5, 5.41) is 13.3. The molecule has 0 spiro atoms. The molecule has 1 heterocycles. The van der Waals surface area contributed by atoms with Crippen LogP contribution >= 0.6 is 0 Å². The Hall–Kier alpha value is -2.04. The van der Waals surface area contributed by atoms with Gasteiger partial charge in [0.2, 0.25) is 11.7 Å². The molecule has 1 aliphatic carbocycles. The number of phenols is 1. The lowest BCUT2D eigenvalue weighted by atomic mass is 10.2. The summed E-state index contributed by atoms with van der Waals surface area (Å²) in [5.41, 5.74) is 0.941. The first kappa shape index (κ1) is 11.1. The Morgan fingerprint density at radius 3 is 2.94 bits per heavy atom. The lowest BCUT2D eigenvalue weighted by Crippen LogP contribution is -1.98. The highest BCUT2D eigenvalue weighted by Gasteiger charge is 2.29. The number of phenolic OH excluding ortho intramolecular Hbond substituents is 1. The van der Waals surface area contributed by atoms with Gasteiger partial charge in [0.1, 0.15) is 11.5 Å². The van der Waals surface area contributed by atoms with E-state index in [9.17, 15) is 5.11 Å². The lowest BCUT2D eigenvalue weighted by molar-refractivity contribution is 0.283. The maximum absolute atomic E-state index is 9.45. The van der Waals surface area contributed by atoms with E-state index in [-0.39, 0.29) is 12.4 Å². The predicted molar refractivity (Wildman–Crippen MR) is 63.4 cm³/mol. The Kier molecular flexibility index (Phi) is 2.66. The van der Waals surface area contributed by atoms with Gasteiger partial charge in [0.05, 0.1) is 0 Å². The van der Waals surface area contributed by atoms with Crippen molar-refractivity contribution in [1.29, 1.82) is 0 Å². The van der Waals surface area contributed by atoms with Crippen molar-refractivity contribution in [2.45, 2.75) is 32.3 Å². The van der Waals surface area contributed by atoms with Crippen molar-refractivity contribution >= 4 is 0 Å². The standard InChI is InChI=1S/C13H14N2O3/c1-8-4-10(16)6-11(5-8)17-7-12-14-13(18-15-12)9-2-3-9/h4-6,9,16H,2-3,7H2,1H3. The quantitative estimate of drug-likeness (QED) is 0.897. The van der Waals surface area contributed by atoms with E-state index in [0.717, 1.165) is 18.4 Å². The van der Waals surface area contributed by atoms with E-state index in [4.69, 9.17) is 9.26 Å². The molecule has 0 atom stereocenters. The van der Waals surface area contributed by atoms with Gasteiger partial charge in [-0.2, -0.15) is 4.98 Å². The van der Waals surface area contributed by atoms with Crippen LogP contribution in [0.4, 0.5) is 0 Å². The molecule has 1 N–H and O–H groups in total. The summed E-state index contributed by atoms with van der Waals surface area (Å²) in [6.07, 6.45) is 2.27. The Labute approximate surface area is 104 Å². The van der Waals surface area contributed by atoms with Crippen LogP contribution in [0.5, 0.6) is 11.5 Å². The van der Waals surface area contributed by atoms with Crippen LogP contribution in [0.15, 0.2) is 22.7 Å². The van der Waals surface area contributed by atoms with Crippen LogP contribution < -0.4 is 4.74 Å². The third-order valence-electron chi connectivity index (χ3n) is 2.81. The fourth-order valence-corrected chi connectivity index (χ4v) is 1.78. The zero-order valence-electron chi connectivity index (χ0n) is 10.1. The zero-order chi connectivity index (χ0) is 12.5. The number of ether oxygens (including phenoxy) is 1. The molecular formula is C13H14N2O3. The Bertz CT molecular complexity index is 541. The summed E-state index contributed by atoms with van der Waals surface area (Å²) >= 11 is 0. The number of hydrogen-bond acceptors (Lipinski definition) is 5. The number of aromatic nitrogens is 2. The summed E-state index contributed by atoms with van der Waals surface area (Å²) in [4.78, 5) is 4.27. The molecule has 5 heteroatoms. The SMILES string of the molecule is Cc1cc(O)cc(OCc2noc(C3CC3)n2)c1. The Balaban J connectivity index is 1.65. The molecule has 3 rings (SSSR count). The van der Waals surface area contributed by atoms with Gasteiger partial charge in [-0.1, -0.05) is 5.16 Å². The van der Waals surface area contributed by atoms with E-state index in [0.29, 0.717) is 23.4 Å². The second kappa shape index (κ2) is 4.33. The van der Waals surface area contributed by atoms with Crippen LogP contribution in [-0.2, 0) is 6.61 Å². The zero-order valence-corrected chi connectivity index (χ0v) is 10.1. The van der Waals surface area contributed by atoms with Gasteiger partial charge >= 0.3 is 0 Å². The number of hydrogen-bond donors (Lipinski definition) is 1. The van der Waals surface area contributed by atoms with Crippen LogP contribution in [0, 0.1) is 6.92 Å². The first-order valence-corrected chi connectivity index (χ1v) is 5.96. The average Bonchev–Trinajstić information content (AvgIpc) is 3.05. The minimum Gasteiger partial charge on any atom is -0.508 e. The van der Waals surface area contributed by atoms with E-state index in [1.165, 1.54) is 0 Å². The largest absolute Gasteiger partial charge is 0.508 e. The van der Waals surface area contributed by atoms with Crippen molar-refractivity contribution in [1.82, 2.24) is 10.1 Å². The molecule has 0 radical (unpaired) electrons. The molecule has 1 aromatic carbocycles. The van der Waals surface area contributed by atoms with Crippen molar-refractivity contribution in [3.05, 3.63) is 35.5 Å². The van der Waals surface area contributed by atoms with Crippen molar-refractivity contribution in [3.63, 3.8) is 0 Å². The first-order chi connectivity index (χ1) is 8.70. The van der Waals surface area contributed by atoms with Gasteiger partial charge in [-0.05, 0) is 37.5 Å². The molecule has 1 saturated carbocycles. The van der Waals surface area contributed by atoms with Crippen molar-refractivity contribution in [2.75, 3.05) is 0 Å². The van der Waals surface area contributed by atoms with Crippen molar-refractivity contribution in [3.8, 4) is 11.5 Å². The van der Waals surface area contributed by atoms with Crippen LogP contribution in [0.2, 0.25) is 0 Å². The molecule has 0 bridgehead atoms. The fourth-order valence-electron chi connectivity index (χ4n) is 1.78. The van der Waals surface area contributed by atoms with E-state index < -0.39 is 0 Å². The summed E-state index contributed by atoms with van der Waals surface area (Å²) in [7, 11) is 0. The monoisotopic (exact) mass is 246 g/mol. The maximum atomic E-state index is 9.45. The van der Waals surface area contributed by atoms with Crippen LogP contribution in [0.1, 0.15) is 36.0 Å². The third-order valence-corrected chi connectivity index (χ3v) is 2.81. The molecule has 1 fully saturated rings. The summed E-state index contributed by atoms with van der Waals surface area (Å²) < 4.78 is 10.7. The highest BCUT2D eigenvalue weighted by Crippen LogP contribution is 2.38. The second-order valence-corrected chi connectivity index (χ2v) is 4.62. The predicted octanol–water partition coefficient (Wildman–Crippen LogP) is 2.54. The minimum atomic E-state index is 0.191. The fraction of sp³-hybridized carbons (Fsp3) is 0.385. The number of rotatable bonds is 4. The summed E-state index contributed by atoms with van der Waals surface area (Å²) in [5.74, 6) is 2.50. The first-order valence-electron chi connectivity index (χ1n) is 5.96. The van der Waals surface area contributed by atoms with Crippen LogP contribution in [0.3, 0.4) is 0 Å². The molecular weight excluding hydrogens is 232 g/mol.